The van der Waals surface area contributed by atoms with Crippen molar-refractivity contribution in [3.63, 3.8) is 0 Å². The SMILES string of the molecule is COc1c(CC(=O)NCCCN)cccc1C(C)(C)C. The Morgan fingerprint density at radius 3 is 2.60 bits per heavy atom. The van der Waals surface area contributed by atoms with Gasteiger partial charge in [0.1, 0.15) is 5.75 Å². The number of carbonyl (C=O) groups excluding carboxylic acids is 1. The van der Waals surface area contributed by atoms with Crippen LogP contribution in [0.3, 0.4) is 0 Å². The number of ether oxygens (including phenoxy) is 1. The third-order valence-electron chi connectivity index (χ3n) is 3.16. The number of nitrogens with two attached hydrogens (primary N) is 1. The van der Waals surface area contributed by atoms with Crippen molar-refractivity contribution in [1.82, 2.24) is 5.32 Å². The van der Waals surface area contributed by atoms with Crippen LogP contribution in [0.5, 0.6) is 5.75 Å². The predicted molar refractivity (Wildman–Crippen MR) is 82.1 cm³/mol. The van der Waals surface area contributed by atoms with Gasteiger partial charge in [0.2, 0.25) is 5.91 Å². The summed E-state index contributed by atoms with van der Waals surface area (Å²) in [5, 5.41) is 2.87. The minimum absolute atomic E-state index is 0.00260. The summed E-state index contributed by atoms with van der Waals surface area (Å²) >= 11 is 0. The van der Waals surface area contributed by atoms with Gasteiger partial charge in [0.25, 0.3) is 0 Å². The third-order valence-corrected chi connectivity index (χ3v) is 3.16. The van der Waals surface area contributed by atoms with Crippen LogP contribution in [0.4, 0.5) is 0 Å². The van der Waals surface area contributed by atoms with Gasteiger partial charge in [0.15, 0.2) is 0 Å². The fourth-order valence-corrected chi connectivity index (χ4v) is 2.12. The molecule has 0 aromatic heterocycles. The molecule has 0 radical (unpaired) electrons. The van der Waals surface area contributed by atoms with E-state index < -0.39 is 0 Å². The van der Waals surface area contributed by atoms with E-state index in [0.717, 1.165) is 23.3 Å². The molecule has 0 fully saturated rings. The smallest absolute Gasteiger partial charge is 0.224 e. The molecule has 0 unspecified atom stereocenters. The van der Waals surface area contributed by atoms with Gasteiger partial charge in [0.05, 0.1) is 13.5 Å². The molecule has 0 aliphatic rings. The summed E-state index contributed by atoms with van der Waals surface area (Å²) in [5.74, 6) is 0.816. The number of amides is 1. The molecule has 0 spiro atoms. The van der Waals surface area contributed by atoms with Gasteiger partial charge in [-0.05, 0) is 23.9 Å². The highest BCUT2D eigenvalue weighted by Crippen LogP contribution is 2.34. The maximum atomic E-state index is 11.9. The largest absolute Gasteiger partial charge is 0.496 e. The van der Waals surface area contributed by atoms with Gasteiger partial charge < -0.3 is 15.8 Å². The maximum absolute atomic E-state index is 11.9. The van der Waals surface area contributed by atoms with Crippen LogP contribution in [-0.4, -0.2) is 26.1 Å². The molecule has 112 valence electrons. The van der Waals surface area contributed by atoms with Crippen molar-refractivity contribution in [2.24, 2.45) is 5.73 Å². The molecule has 0 saturated heterocycles. The maximum Gasteiger partial charge on any atom is 0.224 e. The van der Waals surface area contributed by atoms with Gasteiger partial charge in [-0.1, -0.05) is 39.0 Å². The average molecular weight is 278 g/mol. The van der Waals surface area contributed by atoms with Crippen molar-refractivity contribution in [1.29, 1.82) is 0 Å². The fourth-order valence-electron chi connectivity index (χ4n) is 2.12. The lowest BCUT2D eigenvalue weighted by molar-refractivity contribution is -0.120. The molecule has 4 heteroatoms. The first kappa shape index (κ1) is 16.5. The van der Waals surface area contributed by atoms with E-state index in [4.69, 9.17) is 10.5 Å². The van der Waals surface area contributed by atoms with E-state index >= 15 is 0 Å². The van der Waals surface area contributed by atoms with Crippen LogP contribution >= 0.6 is 0 Å². The van der Waals surface area contributed by atoms with Crippen molar-refractivity contribution >= 4 is 5.91 Å². The quantitative estimate of drug-likeness (QED) is 0.782. The van der Waals surface area contributed by atoms with E-state index in [0.29, 0.717) is 19.5 Å². The minimum Gasteiger partial charge on any atom is -0.496 e. The Bertz CT molecular complexity index is 450. The summed E-state index contributed by atoms with van der Waals surface area (Å²) in [6.07, 6.45) is 1.13. The lowest BCUT2D eigenvalue weighted by Gasteiger charge is -2.23. The Morgan fingerprint density at radius 1 is 1.35 bits per heavy atom. The summed E-state index contributed by atoms with van der Waals surface area (Å²) in [5.41, 5.74) is 7.43. The topological polar surface area (TPSA) is 64.3 Å². The van der Waals surface area contributed by atoms with E-state index in [2.05, 4.69) is 32.2 Å². The molecule has 0 aliphatic heterocycles. The first-order valence-electron chi connectivity index (χ1n) is 7.03. The summed E-state index contributed by atoms with van der Waals surface area (Å²) in [6.45, 7) is 7.61. The monoisotopic (exact) mass is 278 g/mol. The van der Waals surface area contributed by atoms with Crippen LogP contribution in [-0.2, 0) is 16.6 Å². The second-order valence-corrected chi connectivity index (χ2v) is 5.92. The Kier molecular flexibility index (Phi) is 6.02. The van der Waals surface area contributed by atoms with Crippen LogP contribution in [0.2, 0.25) is 0 Å². The number of methoxy groups -OCH3 is 1. The molecular weight excluding hydrogens is 252 g/mol. The molecule has 1 aromatic rings. The van der Waals surface area contributed by atoms with Crippen LogP contribution < -0.4 is 15.8 Å². The molecule has 1 aromatic carbocycles. The predicted octanol–water partition coefficient (Wildman–Crippen LogP) is 2.00. The highest BCUT2D eigenvalue weighted by molar-refractivity contribution is 5.79. The van der Waals surface area contributed by atoms with Crippen LogP contribution in [0.25, 0.3) is 0 Å². The van der Waals surface area contributed by atoms with Crippen molar-refractivity contribution in [3.05, 3.63) is 29.3 Å². The van der Waals surface area contributed by atoms with Crippen molar-refractivity contribution in [2.75, 3.05) is 20.2 Å². The molecule has 20 heavy (non-hydrogen) atoms. The first-order chi connectivity index (χ1) is 9.40. The summed E-state index contributed by atoms with van der Waals surface area (Å²) in [4.78, 5) is 11.9. The van der Waals surface area contributed by atoms with Gasteiger partial charge in [-0.2, -0.15) is 0 Å². The van der Waals surface area contributed by atoms with Crippen molar-refractivity contribution in [3.8, 4) is 5.75 Å². The van der Waals surface area contributed by atoms with E-state index in [1.54, 1.807) is 7.11 Å². The van der Waals surface area contributed by atoms with E-state index in [9.17, 15) is 4.79 Å². The molecule has 0 atom stereocenters. The van der Waals surface area contributed by atoms with Gasteiger partial charge in [-0.25, -0.2) is 0 Å². The minimum atomic E-state index is -0.0165. The second kappa shape index (κ2) is 7.29. The molecule has 0 saturated carbocycles. The zero-order chi connectivity index (χ0) is 15.2. The van der Waals surface area contributed by atoms with Gasteiger partial charge in [-0.3, -0.25) is 4.79 Å². The van der Waals surface area contributed by atoms with Crippen LogP contribution in [0.1, 0.15) is 38.3 Å². The molecule has 0 heterocycles. The number of para-hydroxylation sites is 1. The number of rotatable bonds is 6. The third kappa shape index (κ3) is 4.53. The standard InChI is InChI=1S/C16H26N2O2/c1-16(2,3)13-8-5-7-12(15(13)20-4)11-14(19)18-10-6-9-17/h5,7-8H,6,9-11,17H2,1-4H3,(H,18,19). The van der Waals surface area contributed by atoms with Gasteiger partial charge in [-0.15, -0.1) is 0 Å². The number of carbonyl (C=O) groups is 1. The highest BCUT2D eigenvalue weighted by atomic mass is 16.5. The molecule has 0 bridgehead atoms. The van der Waals surface area contributed by atoms with Gasteiger partial charge >= 0.3 is 0 Å². The summed E-state index contributed by atoms with van der Waals surface area (Å²) < 4.78 is 5.53. The number of hydrogen-bond acceptors (Lipinski definition) is 3. The van der Waals surface area contributed by atoms with E-state index in [-0.39, 0.29) is 11.3 Å². The summed E-state index contributed by atoms with van der Waals surface area (Å²) in [7, 11) is 1.65. The number of benzene rings is 1. The average Bonchev–Trinajstić information content (AvgIpc) is 2.37. The van der Waals surface area contributed by atoms with Crippen molar-refractivity contribution in [2.45, 2.75) is 39.0 Å². The van der Waals surface area contributed by atoms with Crippen LogP contribution in [0, 0.1) is 0 Å². The Morgan fingerprint density at radius 2 is 2.05 bits per heavy atom. The molecule has 3 N–H and O–H groups in total. The highest BCUT2D eigenvalue weighted by Gasteiger charge is 2.21. The normalized spacial score (nSPS) is 11.2. The molecule has 1 amide bonds. The second-order valence-electron chi connectivity index (χ2n) is 5.92. The molecule has 4 nitrogen and oxygen atoms in total. The zero-order valence-electron chi connectivity index (χ0n) is 13.0. The molecular formula is C16H26N2O2. The molecule has 0 aliphatic carbocycles. The lowest BCUT2D eigenvalue weighted by Crippen LogP contribution is -2.27. The van der Waals surface area contributed by atoms with E-state index in [1.807, 2.05) is 12.1 Å². The van der Waals surface area contributed by atoms with E-state index in [1.165, 1.54) is 0 Å². The van der Waals surface area contributed by atoms with Crippen LogP contribution in [0.15, 0.2) is 18.2 Å². The fraction of sp³-hybridized carbons (Fsp3) is 0.562. The number of hydrogen-bond donors (Lipinski definition) is 2. The number of nitrogens with one attached hydrogen (secondary N) is 1. The summed E-state index contributed by atoms with van der Waals surface area (Å²) in [6, 6.07) is 5.97. The lowest BCUT2D eigenvalue weighted by atomic mass is 9.85. The Labute approximate surface area is 121 Å². The molecule has 1 rings (SSSR count). The van der Waals surface area contributed by atoms with Gasteiger partial charge in [0, 0.05) is 12.1 Å². The zero-order valence-corrected chi connectivity index (χ0v) is 13.0. The first-order valence-corrected chi connectivity index (χ1v) is 7.03. The Hall–Kier alpha value is -1.55. The van der Waals surface area contributed by atoms with Crippen molar-refractivity contribution < 1.29 is 9.53 Å². The Balaban J connectivity index is 2.88.